The van der Waals surface area contributed by atoms with E-state index >= 15 is 0 Å². The van der Waals surface area contributed by atoms with Gasteiger partial charge in [-0.05, 0) is 49.6 Å². The maximum absolute atomic E-state index is 13.2. The Bertz CT molecular complexity index is 686. The van der Waals surface area contributed by atoms with Crippen molar-refractivity contribution in [2.45, 2.75) is 25.8 Å². The third-order valence-corrected chi connectivity index (χ3v) is 4.09. The summed E-state index contributed by atoms with van der Waals surface area (Å²) in [5.41, 5.74) is 2.89. The number of hydrogen-bond donors (Lipinski definition) is 1. The predicted molar refractivity (Wildman–Crippen MR) is 86.6 cm³/mol. The molecule has 1 N–H and O–H groups in total. The van der Waals surface area contributed by atoms with Gasteiger partial charge in [-0.1, -0.05) is 24.3 Å². The normalized spacial score (nSPS) is 17.0. The Hall–Kier alpha value is -2.36. The number of hydrogen-bond acceptors (Lipinski definition) is 2. The molecule has 1 atom stereocenters. The van der Waals surface area contributed by atoms with Crippen LogP contribution in [0.2, 0.25) is 0 Å². The average Bonchev–Trinajstić information content (AvgIpc) is 2.50. The molecule has 1 aliphatic rings. The summed E-state index contributed by atoms with van der Waals surface area (Å²) in [4.78, 5) is 14.4. The molecule has 0 saturated carbocycles. The lowest BCUT2D eigenvalue weighted by Gasteiger charge is -2.36. The number of aryl methyl sites for hydroxylation is 1. The van der Waals surface area contributed by atoms with Gasteiger partial charge in [-0.25, -0.2) is 4.39 Å². The third-order valence-electron chi connectivity index (χ3n) is 4.09. The number of carbonyl (C=O) groups excluding carboxylic acids is 1. The van der Waals surface area contributed by atoms with E-state index < -0.39 is 0 Å². The number of nitrogens with one attached hydrogen (secondary N) is 1. The minimum Gasteiger partial charge on any atom is -0.359 e. The maximum Gasteiger partial charge on any atom is 0.243 e. The molecule has 1 unspecified atom stereocenters. The molecule has 0 fully saturated rings. The largest absolute Gasteiger partial charge is 0.359 e. The number of benzene rings is 2. The number of rotatable bonds is 3. The van der Waals surface area contributed by atoms with Gasteiger partial charge in [-0.3, -0.25) is 4.79 Å². The fourth-order valence-corrected chi connectivity index (χ4v) is 2.92. The summed E-state index contributed by atoms with van der Waals surface area (Å²) < 4.78 is 13.2. The van der Waals surface area contributed by atoms with Gasteiger partial charge in [-0.2, -0.15) is 0 Å². The van der Waals surface area contributed by atoms with E-state index in [0.717, 1.165) is 18.5 Å². The lowest BCUT2D eigenvalue weighted by atomic mass is 9.96. The zero-order valence-corrected chi connectivity index (χ0v) is 12.6. The summed E-state index contributed by atoms with van der Waals surface area (Å²) in [5, 5.41) is 2.76. The van der Waals surface area contributed by atoms with E-state index in [-0.39, 0.29) is 18.3 Å². The summed E-state index contributed by atoms with van der Waals surface area (Å²) in [6, 6.07) is 14.5. The molecule has 2 aromatic carbocycles. The van der Waals surface area contributed by atoms with Crippen LogP contribution in [-0.4, -0.2) is 18.5 Å². The Morgan fingerprint density at radius 3 is 2.91 bits per heavy atom. The highest BCUT2D eigenvalue weighted by atomic mass is 19.1. The van der Waals surface area contributed by atoms with E-state index in [2.05, 4.69) is 29.3 Å². The fraction of sp³-hybridized carbons (Fsp3) is 0.278. The molecule has 0 saturated heterocycles. The number of carbonyl (C=O) groups is 1. The van der Waals surface area contributed by atoms with Crippen LogP contribution in [0.3, 0.4) is 0 Å². The van der Waals surface area contributed by atoms with E-state index in [1.54, 1.807) is 12.1 Å². The number of nitrogens with zero attached hydrogens (tertiary/aromatic N) is 1. The molecule has 114 valence electrons. The van der Waals surface area contributed by atoms with Crippen LogP contribution in [0, 0.1) is 5.82 Å². The van der Waals surface area contributed by atoms with E-state index in [1.807, 2.05) is 12.1 Å². The van der Waals surface area contributed by atoms with Gasteiger partial charge in [0.15, 0.2) is 0 Å². The Labute approximate surface area is 129 Å². The van der Waals surface area contributed by atoms with Gasteiger partial charge in [-0.15, -0.1) is 0 Å². The Morgan fingerprint density at radius 1 is 1.27 bits per heavy atom. The van der Waals surface area contributed by atoms with Crippen LogP contribution in [0.1, 0.15) is 18.9 Å². The van der Waals surface area contributed by atoms with Crippen molar-refractivity contribution in [2.75, 3.05) is 16.8 Å². The molecule has 1 heterocycles. The first-order valence-corrected chi connectivity index (χ1v) is 7.53. The third kappa shape index (κ3) is 3.11. The van der Waals surface area contributed by atoms with E-state index in [0.29, 0.717) is 11.7 Å². The lowest BCUT2D eigenvalue weighted by Crippen LogP contribution is -2.42. The van der Waals surface area contributed by atoms with Gasteiger partial charge < -0.3 is 10.2 Å². The van der Waals surface area contributed by atoms with Crippen molar-refractivity contribution in [3.63, 3.8) is 0 Å². The van der Waals surface area contributed by atoms with Crippen molar-refractivity contribution in [1.82, 2.24) is 0 Å². The fourth-order valence-electron chi connectivity index (χ4n) is 2.92. The monoisotopic (exact) mass is 298 g/mol. The maximum atomic E-state index is 13.2. The van der Waals surface area contributed by atoms with Crippen molar-refractivity contribution < 1.29 is 9.18 Å². The molecule has 22 heavy (non-hydrogen) atoms. The zero-order valence-electron chi connectivity index (χ0n) is 12.6. The van der Waals surface area contributed by atoms with Gasteiger partial charge in [0.05, 0.1) is 6.54 Å². The van der Waals surface area contributed by atoms with Crippen LogP contribution in [-0.2, 0) is 11.2 Å². The Morgan fingerprint density at radius 2 is 2.09 bits per heavy atom. The van der Waals surface area contributed by atoms with Crippen molar-refractivity contribution in [2.24, 2.45) is 0 Å². The van der Waals surface area contributed by atoms with Crippen LogP contribution < -0.4 is 10.2 Å². The highest BCUT2D eigenvalue weighted by molar-refractivity contribution is 5.94. The predicted octanol–water partition coefficient (Wildman–Crippen LogP) is 3.61. The summed E-state index contributed by atoms with van der Waals surface area (Å²) >= 11 is 0. The van der Waals surface area contributed by atoms with Gasteiger partial charge in [0.25, 0.3) is 0 Å². The van der Waals surface area contributed by atoms with E-state index in [1.165, 1.54) is 17.7 Å². The van der Waals surface area contributed by atoms with Crippen LogP contribution in [0.15, 0.2) is 48.5 Å². The van der Waals surface area contributed by atoms with Gasteiger partial charge in [0.1, 0.15) is 5.82 Å². The van der Waals surface area contributed by atoms with Crippen molar-refractivity contribution >= 4 is 17.3 Å². The molecule has 0 radical (unpaired) electrons. The van der Waals surface area contributed by atoms with Crippen molar-refractivity contribution in [1.29, 1.82) is 0 Å². The number of amides is 1. The molecule has 3 nitrogen and oxygen atoms in total. The molecule has 1 aliphatic heterocycles. The second-order valence-electron chi connectivity index (χ2n) is 5.70. The van der Waals surface area contributed by atoms with Crippen LogP contribution >= 0.6 is 0 Å². The first kappa shape index (κ1) is 14.6. The van der Waals surface area contributed by atoms with E-state index in [4.69, 9.17) is 0 Å². The van der Waals surface area contributed by atoms with E-state index in [9.17, 15) is 9.18 Å². The SMILES string of the molecule is CC1CCc2ccccc2N1CC(=O)Nc1cccc(F)c1. The average molecular weight is 298 g/mol. The first-order valence-electron chi connectivity index (χ1n) is 7.53. The summed E-state index contributed by atoms with van der Waals surface area (Å²) in [5.74, 6) is -0.483. The quantitative estimate of drug-likeness (QED) is 0.939. The second-order valence-corrected chi connectivity index (χ2v) is 5.70. The molecule has 0 bridgehead atoms. The first-order chi connectivity index (χ1) is 10.6. The molecule has 1 amide bonds. The zero-order chi connectivity index (χ0) is 15.5. The number of anilines is 2. The van der Waals surface area contributed by atoms with Crippen molar-refractivity contribution in [3.8, 4) is 0 Å². The minimum atomic E-state index is -0.352. The Kier molecular flexibility index (Phi) is 4.09. The minimum absolute atomic E-state index is 0.130. The Balaban J connectivity index is 1.73. The van der Waals surface area contributed by atoms with Crippen molar-refractivity contribution in [3.05, 3.63) is 59.9 Å². The molecular formula is C18H19FN2O. The topological polar surface area (TPSA) is 32.3 Å². The lowest BCUT2D eigenvalue weighted by molar-refractivity contribution is -0.115. The number of para-hydroxylation sites is 1. The highest BCUT2D eigenvalue weighted by Gasteiger charge is 2.24. The number of fused-ring (bicyclic) bond motifs is 1. The van der Waals surface area contributed by atoms with Gasteiger partial charge in [0.2, 0.25) is 5.91 Å². The molecule has 0 aromatic heterocycles. The summed E-state index contributed by atoms with van der Waals surface area (Å²) in [6.07, 6.45) is 2.07. The van der Waals surface area contributed by atoms with Crippen LogP contribution in [0.4, 0.5) is 15.8 Å². The molecule has 3 rings (SSSR count). The van der Waals surface area contributed by atoms with Gasteiger partial charge >= 0.3 is 0 Å². The molecule has 4 heteroatoms. The number of halogens is 1. The smallest absolute Gasteiger partial charge is 0.243 e. The highest BCUT2D eigenvalue weighted by Crippen LogP contribution is 2.30. The molecule has 2 aromatic rings. The summed E-state index contributed by atoms with van der Waals surface area (Å²) in [6.45, 7) is 2.40. The second kappa shape index (κ2) is 6.18. The van der Waals surface area contributed by atoms with Gasteiger partial charge in [0, 0.05) is 17.4 Å². The molecule has 0 aliphatic carbocycles. The molecular weight excluding hydrogens is 279 g/mol. The van der Waals surface area contributed by atoms with Crippen LogP contribution in [0.25, 0.3) is 0 Å². The van der Waals surface area contributed by atoms with Crippen LogP contribution in [0.5, 0.6) is 0 Å². The standard InChI is InChI=1S/C18H19FN2O/c1-13-9-10-14-5-2-3-8-17(14)21(13)12-18(22)20-16-7-4-6-15(19)11-16/h2-8,11,13H,9-10,12H2,1H3,(H,20,22). The summed E-state index contributed by atoms with van der Waals surface area (Å²) in [7, 11) is 0. The molecule has 0 spiro atoms.